The van der Waals surface area contributed by atoms with Crippen molar-refractivity contribution in [2.24, 2.45) is 5.73 Å². The molecule has 3 N–H and O–H groups in total. The second kappa shape index (κ2) is 9.90. The summed E-state index contributed by atoms with van der Waals surface area (Å²) in [6, 6.07) is 12.4. The molecule has 0 aliphatic carbocycles. The number of esters is 1. The van der Waals surface area contributed by atoms with Gasteiger partial charge in [-0.25, -0.2) is 4.79 Å². The number of halogens is 1. The minimum atomic E-state index is -0.945. The summed E-state index contributed by atoms with van der Waals surface area (Å²) in [7, 11) is 0. The molecule has 2 rings (SSSR count). The average molecular weight is 403 g/mol. The third kappa shape index (κ3) is 6.09. The van der Waals surface area contributed by atoms with E-state index in [2.05, 4.69) is 5.32 Å². The van der Waals surface area contributed by atoms with Crippen LogP contribution in [0.1, 0.15) is 47.8 Å². The number of benzene rings is 2. The molecule has 148 valence electrons. The monoisotopic (exact) mass is 402 g/mol. The van der Waals surface area contributed by atoms with Crippen molar-refractivity contribution >= 4 is 29.4 Å². The molecule has 6 nitrogen and oxygen atoms in total. The van der Waals surface area contributed by atoms with Crippen molar-refractivity contribution in [2.75, 3.05) is 0 Å². The molecular formula is C21H23ClN2O4. The zero-order valence-corrected chi connectivity index (χ0v) is 16.5. The van der Waals surface area contributed by atoms with E-state index in [9.17, 15) is 14.4 Å². The predicted molar refractivity (Wildman–Crippen MR) is 107 cm³/mol. The number of urea groups is 1. The highest BCUT2D eigenvalue weighted by Gasteiger charge is 2.23. The van der Waals surface area contributed by atoms with Crippen molar-refractivity contribution in [1.82, 2.24) is 5.32 Å². The SMILES string of the molecule is CCc1ccc(C(=O)[C@H](C)OC(=O)C[C@H](NC(N)=O)c2ccc(Cl)cc2)cc1. The van der Waals surface area contributed by atoms with Crippen molar-refractivity contribution in [3.63, 3.8) is 0 Å². The molecule has 2 aromatic rings. The van der Waals surface area contributed by atoms with Crippen LogP contribution in [0, 0.1) is 0 Å². The van der Waals surface area contributed by atoms with E-state index in [1.807, 2.05) is 19.1 Å². The van der Waals surface area contributed by atoms with Gasteiger partial charge in [0.15, 0.2) is 6.10 Å². The minimum absolute atomic E-state index is 0.170. The molecule has 0 radical (unpaired) electrons. The van der Waals surface area contributed by atoms with Crippen molar-refractivity contribution < 1.29 is 19.1 Å². The standard InChI is InChI=1S/C21H23ClN2O4/c1-3-14-4-6-16(7-5-14)20(26)13(2)28-19(25)12-18(24-21(23)27)15-8-10-17(22)11-9-15/h4-11,13,18H,3,12H2,1-2H3,(H3,23,24,27)/t13-,18-/m0/s1. The van der Waals surface area contributed by atoms with E-state index in [1.165, 1.54) is 6.92 Å². The van der Waals surface area contributed by atoms with E-state index in [4.69, 9.17) is 22.1 Å². The number of ketones is 1. The topological polar surface area (TPSA) is 98.5 Å². The number of hydrogen-bond acceptors (Lipinski definition) is 4. The Morgan fingerprint density at radius 1 is 1.07 bits per heavy atom. The van der Waals surface area contributed by atoms with Gasteiger partial charge in [0.25, 0.3) is 0 Å². The molecule has 0 saturated carbocycles. The lowest BCUT2D eigenvalue weighted by Crippen LogP contribution is -2.35. The zero-order valence-electron chi connectivity index (χ0n) is 15.8. The van der Waals surface area contributed by atoms with Crippen LogP contribution < -0.4 is 11.1 Å². The summed E-state index contributed by atoms with van der Waals surface area (Å²) < 4.78 is 5.27. The molecule has 2 aromatic carbocycles. The highest BCUT2D eigenvalue weighted by Crippen LogP contribution is 2.20. The first kappa shape index (κ1) is 21.4. The molecule has 28 heavy (non-hydrogen) atoms. The van der Waals surface area contributed by atoms with Crippen molar-refractivity contribution in [3.05, 3.63) is 70.2 Å². The summed E-state index contributed by atoms with van der Waals surface area (Å²) >= 11 is 5.87. The smallest absolute Gasteiger partial charge is 0.312 e. The third-order valence-corrected chi connectivity index (χ3v) is 4.54. The predicted octanol–water partition coefficient (Wildman–Crippen LogP) is 3.82. The normalized spacial score (nSPS) is 12.7. The lowest BCUT2D eigenvalue weighted by atomic mass is 10.0. The molecule has 0 unspecified atom stereocenters. The van der Waals surface area contributed by atoms with Gasteiger partial charge in [-0.3, -0.25) is 9.59 Å². The Bertz CT molecular complexity index is 834. The summed E-state index contributed by atoms with van der Waals surface area (Å²) in [6.07, 6.45) is -0.242. The maximum Gasteiger partial charge on any atom is 0.312 e. The van der Waals surface area contributed by atoms with E-state index < -0.39 is 24.1 Å². The Balaban J connectivity index is 2.02. The van der Waals surface area contributed by atoms with E-state index in [-0.39, 0.29) is 12.2 Å². The fraction of sp³-hybridized carbons (Fsp3) is 0.286. The lowest BCUT2D eigenvalue weighted by molar-refractivity contribution is -0.146. The number of carbonyl (C=O) groups excluding carboxylic acids is 3. The van der Waals surface area contributed by atoms with Gasteiger partial charge in [-0.15, -0.1) is 0 Å². The van der Waals surface area contributed by atoms with Gasteiger partial charge in [-0.05, 0) is 36.6 Å². The minimum Gasteiger partial charge on any atom is -0.454 e. The number of ether oxygens (including phenoxy) is 1. The number of primary amides is 1. The van der Waals surface area contributed by atoms with Crippen LogP contribution in [-0.4, -0.2) is 23.9 Å². The molecule has 7 heteroatoms. The van der Waals surface area contributed by atoms with E-state index >= 15 is 0 Å². The van der Waals surface area contributed by atoms with Crippen LogP contribution in [0.3, 0.4) is 0 Å². The van der Waals surface area contributed by atoms with Gasteiger partial charge in [-0.2, -0.15) is 0 Å². The Morgan fingerprint density at radius 3 is 2.21 bits per heavy atom. The van der Waals surface area contributed by atoms with Crippen LogP contribution in [-0.2, 0) is 16.0 Å². The molecule has 2 amide bonds. The van der Waals surface area contributed by atoms with Gasteiger partial charge >= 0.3 is 12.0 Å². The summed E-state index contributed by atoms with van der Waals surface area (Å²) in [4.78, 5) is 36.1. The summed E-state index contributed by atoms with van der Waals surface area (Å²) in [5.41, 5.74) is 7.44. The first-order valence-corrected chi connectivity index (χ1v) is 9.32. The first-order chi connectivity index (χ1) is 13.3. The quantitative estimate of drug-likeness (QED) is 0.518. The number of hydrogen-bond donors (Lipinski definition) is 2. The average Bonchev–Trinajstić information content (AvgIpc) is 2.67. The zero-order chi connectivity index (χ0) is 20.7. The Labute approximate surface area is 169 Å². The number of rotatable bonds is 8. The molecule has 0 bridgehead atoms. The lowest BCUT2D eigenvalue weighted by Gasteiger charge is -2.19. The number of carbonyl (C=O) groups is 3. The second-order valence-corrected chi connectivity index (χ2v) is 6.80. The van der Waals surface area contributed by atoms with Crippen LogP contribution in [0.5, 0.6) is 0 Å². The third-order valence-electron chi connectivity index (χ3n) is 4.28. The highest BCUT2D eigenvalue weighted by molar-refractivity contribution is 6.30. The van der Waals surface area contributed by atoms with Gasteiger partial charge in [0.2, 0.25) is 5.78 Å². The molecule has 2 atom stereocenters. The molecule has 0 saturated heterocycles. The van der Waals surface area contributed by atoms with Crippen molar-refractivity contribution in [1.29, 1.82) is 0 Å². The van der Waals surface area contributed by atoms with Gasteiger partial charge in [-0.1, -0.05) is 54.9 Å². The molecular weight excluding hydrogens is 380 g/mol. The van der Waals surface area contributed by atoms with Crippen molar-refractivity contribution in [3.8, 4) is 0 Å². The summed E-state index contributed by atoms with van der Waals surface area (Å²) in [5.74, 6) is -0.915. The Morgan fingerprint density at radius 2 is 1.68 bits per heavy atom. The number of aryl methyl sites for hydroxylation is 1. The number of Topliss-reactive ketones (excluding diaryl/α,β-unsaturated/α-hetero) is 1. The van der Waals surface area contributed by atoms with Gasteiger partial charge in [0.1, 0.15) is 0 Å². The molecule has 0 heterocycles. The summed E-state index contributed by atoms with van der Waals surface area (Å²) in [6.45, 7) is 3.55. The van der Waals surface area contributed by atoms with Crippen LogP contribution in [0.15, 0.2) is 48.5 Å². The maximum absolute atomic E-state index is 12.5. The van der Waals surface area contributed by atoms with E-state index in [0.29, 0.717) is 16.1 Å². The second-order valence-electron chi connectivity index (χ2n) is 6.36. The van der Waals surface area contributed by atoms with Crippen LogP contribution in [0.2, 0.25) is 5.02 Å². The molecule has 0 aliphatic heterocycles. The number of nitrogens with one attached hydrogen (secondary N) is 1. The van der Waals surface area contributed by atoms with E-state index in [0.717, 1.165) is 12.0 Å². The molecule has 0 aliphatic rings. The van der Waals surface area contributed by atoms with Gasteiger partial charge in [0.05, 0.1) is 12.5 Å². The molecule has 0 aromatic heterocycles. The summed E-state index contributed by atoms with van der Waals surface area (Å²) in [5, 5.41) is 3.03. The van der Waals surface area contributed by atoms with Gasteiger partial charge < -0.3 is 15.8 Å². The van der Waals surface area contributed by atoms with Gasteiger partial charge in [0, 0.05) is 10.6 Å². The molecule has 0 fully saturated rings. The van der Waals surface area contributed by atoms with Crippen LogP contribution in [0.4, 0.5) is 4.79 Å². The highest BCUT2D eigenvalue weighted by atomic mass is 35.5. The maximum atomic E-state index is 12.5. The number of nitrogens with two attached hydrogens (primary N) is 1. The largest absolute Gasteiger partial charge is 0.454 e. The fourth-order valence-corrected chi connectivity index (χ4v) is 2.85. The Hall–Kier alpha value is -2.86. The number of amides is 2. The van der Waals surface area contributed by atoms with E-state index in [1.54, 1.807) is 36.4 Å². The molecule has 0 spiro atoms. The first-order valence-electron chi connectivity index (χ1n) is 8.94. The van der Waals surface area contributed by atoms with Crippen LogP contribution in [0.25, 0.3) is 0 Å². The van der Waals surface area contributed by atoms with Crippen LogP contribution >= 0.6 is 11.6 Å². The van der Waals surface area contributed by atoms with Crippen molar-refractivity contribution in [2.45, 2.75) is 38.8 Å². The Kier molecular flexibility index (Phi) is 7.58. The fourth-order valence-electron chi connectivity index (χ4n) is 2.72.